The Morgan fingerprint density at radius 3 is 2.71 bits per heavy atom. The lowest BCUT2D eigenvalue weighted by Gasteiger charge is -2.22. The first kappa shape index (κ1) is 15.7. The summed E-state index contributed by atoms with van der Waals surface area (Å²) in [4.78, 5) is 4.77. The van der Waals surface area contributed by atoms with Crippen molar-refractivity contribution in [3.8, 4) is 5.75 Å². The summed E-state index contributed by atoms with van der Waals surface area (Å²) >= 11 is 6.27. The van der Waals surface area contributed by atoms with Gasteiger partial charge in [0.2, 0.25) is 0 Å². The Balaban J connectivity index is 1.99. The molecule has 0 unspecified atom stereocenters. The molecule has 1 aromatic heterocycles. The Morgan fingerprint density at radius 2 is 1.92 bits per heavy atom. The molecule has 4 rings (SSSR count). The summed E-state index contributed by atoms with van der Waals surface area (Å²) in [6, 6.07) is 8.23. The third-order valence-corrected chi connectivity index (χ3v) is 5.25. The van der Waals surface area contributed by atoms with Crippen molar-refractivity contribution in [2.45, 2.75) is 25.7 Å². The maximum Gasteiger partial charge on any atom is 0.125 e. The van der Waals surface area contributed by atoms with E-state index in [1.165, 1.54) is 27.8 Å². The lowest BCUT2D eigenvalue weighted by atomic mass is 9.89. The van der Waals surface area contributed by atoms with Gasteiger partial charge in [0.1, 0.15) is 5.75 Å². The average molecular weight is 341 g/mol. The molecule has 1 aliphatic carbocycles. The molecule has 0 radical (unpaired) electrons. The van der Waals surface area contributed by atoms with Crippen molar-refractivity contribution in [3.05, 3.63) is 63.4 Å². The van der Waals surface area contributed by atoms with Crippen LogP contribution in [0.15, 0.2) is 36.0 Å². The van der Waals surface area contributed by atoms with Crippen LogP contribution in [0.4, 0.5) is 0 Å². The van der Waals surface area contributed by atoms with Gasteiger partial charge in [-0.1, -0.05) is 23.2 Å². The monoisotopic (exact) mass is 340 g/mol. The average Bonchev–Trinajstić information content (AvgIpc) is 2.78. The van der Waals surface area contributed by atoms with Gasteiger partial charge in [-0.05, 0) is 68.1 Å². The van der Waals surface area contributed by atoms with Crippen molar-refractivity contribution in [1.82, 2.24) is 10.3 Å². The van der Waals surface area contributed by atoms with E-state index in [2.05, 4.69) is 17.4 Å². The molecule has 1 aliphatic heterocycles. The van der Waals surface area contributed by atoms with E-state index in [0.29, 0.717) is 0 Å². The van der Waals surface area contributed by atoms with Gasteiger partial charge in [0.15, 0.2) is 0 Å². The van der Waals surface area contributed by atoms with Crippen LogP contribution in [0.5, 0.6) is 5.75 Å². The van der Waals surface area contributed by atoms with Crippen LogP contribution in [-0.4, -0.2) is 25.2 Å². The summed E-state index contributed by atoms with van der Waals surface area (Å²) in [5.74, 6) is 0.936. The number of aromatic nitrogens is 1. The van der Waals surface area contributed by atoms with Gasteiger partial charge >= 0.3 is 0 Å². The molecule has 0 spiro atoms. The predicted octanol–water partition coefficient (Wildman–Crippen LogP) is 4.03. The Bertz CT molecular complexity index is 805. The molecule has 2 aromatic rings. The van der Waals surface area contributed by atoms with Crippen LogP contribution in [0.1, 0.15) is 35.2 Å². The Morgan fingerprint density at radius 1 is 1.08 bits per heavy atom. The summed E-state index contributed by atoms with van der Waals surface area (Å²) in [6.07, 6.45) is 5.88. The lowest BCUT2D eigenvalue weighted by Crippen LogP contribution is -2.24. The molecule has 1 fully saturated rings. The minimum atomic E-state index is 0.800. The van der Waals surface area contributed by atoms with E-state index in [9.17, 15) is 0 Å². The fraction of sp³-hybridized carbons (Fsp3) is 0.350. The molecule has 2 heterocycles. The number of aryl methyl sites for hydroxylation is 1. The Hall–Kier alpha value is -1.84. The molecule has 1 saturated heterocycles. The molecule has 0 atom stereocenters. The highest BCUT2D eigenvalue weighted by atomic mass is 35.5. The van der Waals surface area contributed by atoms with Gasteiger partial charge in [-0.3, -0.25) is 4.98 Å². The van der Waals surface area contributed by atoms with Gasteiger partial charge in [0, 0.05) is 22.4 Å². The molecule has 1 N–H and O–H groups in total. The van der Waals surface area contributed by atoms with Gasteiger partial charge in [-0.15, -0.1) is 0 Å². The molecule has 0 bridgehead atoms. The number of halogens is 1. The molecule has 2 aliphatic rings. The number of rotatable bonds is 1. The first-order chi connectivity index (χ1) is 11.8. The first-order valence-corrected chi connectivity index (χ1v) is 8.89. The number of methoxy groups -OCH3 is 1. The molecular formula is C20H21ClN2O. The number of ether oxygens (including phenoxy) is 1. The quantitative estimate of drug-likeness (QED) is 0.851. The van der Waals surface area contributed by atoms with Gasteiger partial charge in [-0.2, -0.15) is 0 Å². The Kier molecular flexibility index (Phi) is 4.30. The highest BCUT2D eigenvalue weighted by Crippen LogP contribution is 2.40. The maximum atomic E-state index is 6.27. The summed E-state index contributed by atoms with van der Waals surface area (Å²) in [5, 5.41) is 4.25. The predicted molar refractivity (Wildman–Crippen MR) is 97.8 cm³/mol. The highest BCUT2D eigenvalue weighted by Gasteiger charge is 2.25. The van der Waals surface area contributed by atoms with Crippen LogP contribution in [0, 0.1) is 0 Å². The number of nitrogens with one attached hydrogen (secondary N) is 1. The molecule has 0 saturated carbocycles. The second kappa shape index (κ2) is 6.58. The number of nitrogens with zero attached hydrogens (tertiary/aromatic N) is 1. The third kappa shape index (κ3) is 2.72. The van der Waals surface area contributed by atoms with Gasteiger partial charge in [0.05, 0.1) is 12.8 Å². The van der Waals surface area contributed by atoms with Crippen LogP contribution in [-0.2, 0) is 12.8 Å². The second-order valence-electron chi connectivity index (χ2n) is 6.37. The summed E-state index contributed by atoms with van der Waals surface area (Å²) in [5.41, 5.74) is 7.69. The highest BCUT2D eigenvalue weighted by molar-refractivity contribution is 6.30. The minimum absolute atomic E-state index is 0.800. The number of hydrogen-bond acceptors (Lipinski definition) is 3. The van der Waals surface area contributed by atoms with Crippen molar-refractivity contribution in [3.63, 3.8) is 0 Å². The molecule has 4 heteroatoms. The lowest BCUT2D eigenvalue weighted by molar-refractivity contribution is 0.408. The zero-order valence-corrected chi connectivity index (χ0v) is 14.6. The molecule has 0 amide bonds. The van der Waals surface area contributed by atoms with Crippen molar-refractivity contribution in [1.29, 1.82) is 0 Å². The number of piperidine rings is 1. The number of hydrogen-bond donors (Lipinski definition) is 1. The van der Waals surface area contributed by atoms with Crippen LogP contribution < -0.4 is 10.1 Å². The second-order valence-corrected chi connectivity index (χ2v) is 6.81. The normalized spacial score (nSPS) is 17.1. The van der Waals surface area contributed by atoms with Gasteiger partial charge in [0.25, 0.3) is 0 Å². The zero-order chi connectivity index (χ0) is 16.5. The van der Waals surface area contributed by atoms with Crippen molar-refractivity contribution >= 4 is 17.2 Å². The maximum absolute atomic E-state index is 6.27. The summed E-state index contributed by atoms with van der Waals surface area (Å²) in [7, 11) is 1.74. The third-order valence-electron chi connectivity index (χ3n) is 5.01. The van der Waals surface area contributed by atoms with Crippen LogP contribution in [0.3, 0.4) is 0 Å². The van der Waals surface area contributed by atoms with E-state index in [4.69, 9.17) is 21.3 Å². The van der Waals surface area contributed by atoms with E-state index in [1.54, 1.807) is 7.11 Å². The van der Waals surface area contributed by atoms with E-state index >= 15 is 0 Å². The fourth-order valence-electron chi connectivity index (χ4n) is 3.86. The SMILES string of the molecule is COc1ccnc2c1CCc1cc(Cl)ccc1C2=C1CCNCC1. The molecular weight excluding hydrogens is 320 g/mol. The summed E-state index contributed by atoms with van der Waals surface area (Å²) in [6.45, 7) is 2.06. The van der Waals surface area contributed by atoms with Crippen molar-refractivity contribution in [2.24, 2.45) is 0 Å². The fourth-order valence-corrected chi connectivity index (χ4v) is 4.05. The molecule has 3 nitrogen and oxygen atoms in total. The van der Waals surface area contributed by atoms with E-state index in [1.807, 2.05) is 18.3 Å². The van der Waals surface area contributed by atoms with E-state index < -0.39 is 0 Å². The topological polar surface area (TPSA) is 34.1 Å². The van der Waals surface area contributed by atoms with Crippen molar-refractivity contribution in [2.75, 3.05) is 20.2 Å². The van der Waals surface area contributed by atoms with Gasteiger partial charge < -0.3 is 10.1 Å². The van der Waals surface area contributed by atoms with Crippen LogP contribution in [0.2, 0.25) is 5.02 Å². The smallest absolute Gasteiger partial charge is 0.125 e. The zero-order valence-electron chi connectivity index (χ0n) is 13.9. The van der Waals surface area contributed by atoms with E-state index in [0.717, 1.165) is 55.2 Å². The standard InChI is InChI=1S/C20H21ClN2O/c1-24-18-8-11-23-20-17(18)4-2-14-12-15(21)3-5-16(14)19(20)13-6-9-22-10-7-13/h3,5,8,11-12,22H,2,4,6-7,9-10H2,1H3. The van der Waals surface area contributed by atoms with Crippen LogP contribution >= 0.6 is 11.6 Å². The molecule has 24 heavy (non-hydrogen) atoms. The largest absolute Gasteiger partial charge is 0.496 e. The molecule has 1 aromatic carbocycles. The Labute approximate surface area is 147 Å². The molecule has 124 valence electrons. The van der Waals surface area contributed by atoms with Gasteiger partial charge in [-0.25, -0.2) is 0 Å². The van der Waals surface area contributed by atoms with Crippen LogP contribution in [0.25, 0.3) is 5.57 Å². The first-order valence-electron chi connectivity index (χ1n) is 8.51. The number of benzene rings is 1. The van der Waals surface area contributed by atoms with Crippen molar-refractivity contribution < 1.29 is 4.74 Å². The van der Waals surface area contributed by atoms with E-state index in [-0.39, 0.29) is 0 Å². The number of pyridine rings is 1. The summed E-state index contributed by atoms with van der Waals surface area (Å²) < 4.78 is 5.63. The number of fused-ring (bicyclic) bond motifs is 2. The minimum Gasteiger partial charge on any atom is -0.496 e.